The average Bonchev–Trinajstić information content (AvgIpc) is 2.01. The van der Waals surface area contributed by atoms with Gasteiger partial charge in [-0.3, -0.25) is 0 Å². The van der Waals surface area contributed by atoms with Gasteiger partial charge in [0.1, 0.15) is 0 Å². The van der Waals surface area contributed by atoms with Crippen molar-refractivity contribution in [2.75, 3.05) is 13.1 Å². The lowest BCUT2D eigenvalue weighted by atomic mass is 10.2. The van der Waals surface area contributed by atoms with Crippen molar-refractivity contribution in [1.82, 2.24) is 5.32 Å². The molecule has 0 aromatic carbocycles. The summed E-state index contributed by atoms with van der Waals surface area (Å²) in [5.74, 6) is 0. The molecule has 13 heavy (non-hydrogen) atoms. The van der Waals surface area contributed by atoms with Gasteiger partial charge in [0.15, 0.2) is 0 Å². The molecule has 0 radical (unpaired) electrons. The molecular formula is C8H21NO3Si. The SMILES string of the molecule is CCCCCCNCC[Si](O)(O)O. The van der Waals surface area contributed by atoms with Gasteiger partial charge in [-0.25, -0.2) is 0 Å². The van der Waals surface area contributed by atoms with Crippen LogP contribution in [-0.4, -0.2) is 36.3 Å². The van der Waals surface area contributed by atoms with E-state index >= 15 is 0 Å². The maximum Gasteiger partial charge on any atom is 0.494 e. The Labute approximate surface area is 81.0 Å². The Morgan fingerprint density at radius 1 is 1.00 bits per heavy atom. The molecule has 80 valence electrons. The van der Waals surface area contributed by atoms with Gasteiger partial charge in [-0.15, -0.1) is 0 Å². The van der Waals surface area contributed by atoms with Crippen molar-refractivity contribution >= 4 is 8.80 Å². The van der Waals surface area contributed by atoms with Crippen molar-refractivity contribution in [3.8, 4) is 0 Å². The minimum absolute atomic E-state index is 0.0841. The Kier molecular flexibility index (Phi) is 7.49. The second kappa shape index (κ2) is 7.46. The van der Waals surface area contributed by atoms with Gasteiger partial charge in [-0.1, -0.05) is 26.2 Å². The first kappa shape index (κ1) is 13.1. The van der Waals surface area contributed by atoms with E-state index in [9.17, 15) is 0 Å². The standard InChI is InChI=1S/C8H21NO3Si/c1-2-3-4-5-6-9-7-8-13(10,11)12/h9-12H,2-8H2,1H3. The van der Waals surface area contributed by atoms with Crippen molar-refractivity contribution in [2.45, 2.75) is 38.7 Å². The first-order chi connectivity index (χ1) is 6.06. The molecule has 0 aliphatic rings. The number of rotatable bonds is 8. The van der Waals surface area contributed by atoms with Gasteiger partial charge in [0, 0.05) is 6.04 Å². The summed E-state index contributed by atoms with van der Waals surface area (Å²) in [6.07, 6.45) is 4.80. The Balaban J connectivity index is 3.00. The van der Waals surface area contributed by atoms with Crippen molar-refractivity contribution in [2.24, 2.45) is 0 Å². The fourth-order valence-electron chi connectivity index (χ4n) is 1.06. The van der Waals surface area contributed by atoms with Crippen LogP contribution in [0.25, 0.3) is 0 Å². The molecule has 0 amide bonds. The van der Waals surface area contributed by atoms with E-state index in [2.05, 4.69) is 12.2 Å². The summed E-state index contributed by atoms with van der Waals surface area (Å²) in [6.45, 7) is 3.54. The fraction of sp³-hybridized carbons (Fsp3) is 1.00. The van der Waals surface area contributed by atoms with Crippen LogP contribution in [0.1, 0.15) is 32.6 Å². The molecule has 0 heterocycles. The summed E-state index contributed by atoms with van der Waals surface area (Å²) in [4.78, 5) is 26.0. The zero-order chi connectivity index (χ0) is 10.2. The van der Waals surface area contributed by atoms with E-state index in [-0.39, 0.29) is 6.04 Å². The van der Waals surface area contributed by atoms with Gasteiger partial charge in [0.25, 0.3) is 0 Å². The van der Waals surface area contributed by atoms with Crippen molar-refractivity contribution in [3.05, 3.63) is 0 Å². The van der Waals surface area contributed by atoms with Crippen LogP contribution in [0, 0.1) is 0 Å². The Morgan fingerprint density at radius 2 is 1.69 bits per heavy atom. The van der Waals surface area contributed by atoms with Gasteiger partial charge in [-0.2, -0.15) is 0 Å². The molecule has 0 aromatic heterocycles. The van der Waals surface area contributed by atoms with Gasteiger partial charge in [0.2, 0.25) is 0 Å². The van der Waals surface area contributed by atoms with Crippen molar-refractivity contribution in [3.63, 3.8) is 0 Å². The number of hydrogen-bond donors (Lipinski definition) is 4. The molecule has 0 aromatic rings. The molecule has 0 spiro atoms. The largest absolute Gasteiger partial charge is 0.494 e. The van der Waals surface area contributed by atoms with E-state index in [0.29, 0.717) is 6.54 Å². The van der Waals surface area contributed by atoms with Crippen molar-refractivity contribution < 1.29 is 14.4 Å². The van der Waals surface area contributed by atoms with Gasteiger partial charge < -0.3 is 19.7 Å². The van der Waals surface area contributed by atoms with E-state index in [1.54, 1.807) is 0 Å². The predicted molar refractivity (Wildman–Crippen MR) is 54.2 cm³/mol. The minimum Gasteiger partial charge on any atom is -0.390 e. The molecule has 0 aliphatic heterocycles. The molecule has 5 heteroatoms. The topological polar surface area (TPSA) is 72.7 Å². The summed E-state index contributed by atoms with van der Waals surface area (Å²) in [5, 5.41) is 3.06. The molecule has 4 N–H and O–H groups in total. The first-order valence-electron chi connectivity index (χ1n) is 4.94. The Hall–Kier alpha value is 0.0569. The highest BCUT2D eigenvalue weighted by atomic mass is 28.4. The average molecular weight is 207 g/mol. The molecule has 0 fully saturated rings. The van der Waals surface area contributed by atoms with Gasteiger partial charge >= 0.3 is 8.80 Å². The minimum atomic E-state index is -3.80. The number of nitrogens with one attached hydrogen (secondary N) is 1. The highest BCUT2D eigenvalue weighted by molar-refractivity contribution is 6.56. The quantitative estimate of drug-likeness (QED) is 0.336. The lowest BCUT2D eigenvalue weighted by molar-refractivity contribution is 0.227. The molecule has 0 bridgehead atoms. The van der Waals surface area contributed by atoms with Crippen LogP contribution in [-0.2, 0) is 0 Å². The maximum absolute atomic E-state index is 8.67. The Bertz CT molecular complexity index is 116. The Morgan fingerprint density at radius 3 is 2.23 bits per heavy atom. The lowest BCUT2D eigenvalue weighted by Gasteiger charge is -2.09. The molecular weight excluding hydrogens is 186 g/mol. The third-order valence-corrected chi connectivity index (χ3v) is 2.77. The van der Waals surface area contributed by atoms with E-state index < -0.39 is 8.80 Å². The summed E-state index contributed by atoms with van der Waals surface area (Å²) in [7, 11) is -3.80. The highest BCUT2D eigenvalue weighted by Gasteiger charge is 2.25. The van der Waals surface area contributed by atoms with Crippen LogP contribution in [0.4, 0.5) is 0 Å². The number of unbranched alkanes of at least 4 members (excludes halogenated alkanes) is 3. The van der Waals surface area contributed by atoms with Gasteiger partial charge in [-0.05, 0) is 19.5 Å². The predicted octanol–water partition coefficient (Wildman–Crippen LogP) is 0.0721. The van der Waals surface area contributed by atoms with E-state index in [4.69, 9.17) is 14.4 Å². The molecule has 0 aliphatic carbocycles. The second-order valence-electron chi connectivity index (χ2n) is 3.34. The van der Waals surface area contributed by atoms with Crippen LogP contribution in [0.5, 0.6) is 0 Å². The maximum atomic E-state index is 8.67. The molecule has 0 saturated carbocycles. The van der Waals surface area contributed by atoms with Gasteiger partial charge in [0.05, 0.1) is 0 Å². The first-order valence-corrected chi connectivity index (χ1v) is 6.99. The van der Waals surface area contributed by atoms with E-state index in [1.165, 1.54) is 19.3 Å². The lowest BCUT2D eigenvalue weighted by Crippen LogP contribution is -2.38. The summed E-state index contributed by atoms with van der Waals surface area (Å²) < 4.78 is 0. The normalized spacial score (nSPS) is 12.0. The summed E-state index contributed by atoms with van der Waals surface area (Å²) in [5.41, 5.74) is 0. The summed E-state index contributed by atoms with van der Waals surface area (Å²) >= 11 is 0. The van der Waals surface area contributed by atoms with E-state index in [1.807, 2.05) is 0 Å². The zero-order valence-corrected chi connectivity index (χ0v) is 9.29. The molecule has 0 rings (SSSR count). The van der Waals surface area contributed by atoms with Crippen LogP contribution in [0.2, 0.25) is 6.04 Å². The third kappa shape index (κ3) is 12.1. The monoisotopic (exact) mass is 207 g/mol. The van der Waals surface area contributed by atoms with Crippen molar-refractivity contribution in [1.29, 1.82) is 0 Å². The zero-order valence-electron chi connectivity index (χ0n) is 8.29. The smallest absolute Gasteiger partial charge is 0.390 e. The van der Waals surface area contributed by atoms with Crippen LogP contribution < -0.4 is 5.32 Å². The third-order valence-electron chi connectivity index (χ3n) is 1.84. The molecule has 0 unspecified atom stereocenters. The molecule has 0 atom stereocenters. The highest BCUT2D eigenvalue weighted by Crippen LogP contribution is 1.97. The second-order valence-corrected chi connectivity index (χ2v) is 5.38. The number of hydrogen-bond acceptors (Lipinski definition) is 4. The van der Waals surface area contributed by atoms with Crippen LogP contribution in [0.3, 0.4) is 0 Å². The summed E-state index contributed by atoms with van der Waals surface area (Å²) in [6, 6.07) is 0.0841. The molecule has 4 nitrogen and oxygen atoms in total. The van der Waals surface area contributed by atoms with Crippen LogP contribution in [0.15, 0.2) is 0 Å². The molecule has 0 saturated heterocycles. The van der Waals surface area contributed by atoms with Crippen LogP contribution >= 0.6 is 0 Å². The fourth-order valence-corrected chi connectivity index (χ4v) is 1.57. The van der Waals surface area contributed by atoms with E-state index in [0.717, 1.165) is 13.0 Å².